The van der Waals surface area contributed by atoms with E-state index >= 15 is 0 Å². The first-order valence-corrected chi connectivity index (χ1v) is 9.26. The first kappa shape index (κ1) is 17.8. The van der Waals surface area contributed by atoms with Gasteiger partial charge >= 0.3 is 0 Å². The number of benzene rings is 1. The van der Waals surface area contributed by atoms with E-state index in [1.165, 1.54) is 6.07 Å². The van der Waals surface area contributed by atoms with E-state index in [0.717, 1.165) is 32.4 Å². The van der Waals surface area contributed by atoms with E-state index in [-0.39, 0.29) is 10.6 Å². The van der Waals surface area contributed by atoms with E-state index in [2.05, 4.69) is 10.0 Å². The molecule has 8 heteroatoms. The van der Waals surface area contributed by atoms with Gasteiger partial charge in [0.15, 0.2) is 4.90 Å². The van der Waals surface area contributed by atoms with Gasteiger partial charge in [0.05, 0.1) is 4.92 Å². The molecule has 0 spiro atoms. The Hall–Kier alpha value is -1.51. The molecule has 2 N–H and O–H groups in total. The van der Waals surface area contributed by atoms with Crippen LogP contribution in [0, 0.1) is 29.9 Å². The third kappa shape index (κ3) is 4.27. The molecule has 0 bridgehead atoms. The molecule has 7 nitrogen and oxygen atoms in total. The highest BCUT2D eigenvalue weighted by atomic mass is 32.2. The van der Waals surface area contributed by atoms with Gasteiger partial charge in [0.1, 0.15) is 0 Å². The molecule has 0 aliphatic carbocycles. The van der Waals surface area contributed by atoms with Gasteiger partial charge in [0.25, 0.3) is 5.69 Å². The lowest BCUT2D eigenvalue weighted by Gasteiger charge is -2.22. The van der Waals surface area contributed by atoms with Crippen LogP contribution in [-0.2, 0) is 10.0 Å². The molecule has 0 aromatic heterocycles. The van der Waals surface area contributed by atoms with Gasteiger partial charge in [-0.3, -0.25) is 10.1 Å². The van der Waals surface area contributed by atoms with Gasteiger partial charge in [-0.15, -0.1) is 0 Å². The summed E-state index contributed by atoms with van der Waals surface area (Å²) in [5.41, 5.74) is 0.762. The minimum absolute atomic E-state index is 0.218. The first-order chi connectivity index (χ1) is 10.8. The summed E-state index contributed by atoms with van der Waals surface area (Å²) in [5.74, 6) is 0.444. The zero-order chi connectivity index (χ0) is 17.0. The molecule has 1 unspecified atom stereocenters. The van der Waals surface area contributed by atoms with E-state index in [1.807, 2.05) is 0 Å². The van der Waals surface area contributed by atoms with Gasteiger partial charge < -0.3 is 5.32 Å². The Labute approximate surface area is 136 Å². The third-order valence-electron chi connectivity index (χ3n) is 4.36. The topological polar surface area (TPSA) is 101 Å². The molecule has 128 valence electrons. The van der Waals surface area contributed by atoms with E-state index in [9.17, 15) is 18.5 Å². The zero-order valence-corrected chi connectivity index (χ0v) is 14.3. The van der Waals surface area contributed by atoms with Crippen molar-refractivity contribution in [2.45, 2.75) is 38.0 Å². The number of rotatable bonds is 6. The summed E-state index contributed by atoms with van der Waals surface area (Å²) in [6, 6.07) is 2.82. The van der Waals surface area contributed by atoms with Crippen LogP contribution in [-0.4, -0.2) is 33.0 Å². The van der Waals surface area contributed by atoms with E-state index in [0.29, 0.717) is 23.6 Å². The molecule has 1 aliphatic heterocycles. The Morgan fingerprint density at radius 2 is 2.13 bits per heavy atom. The van der Waals surface area contributed by atoms with Crippen molar-refractivity contribution in [1.29, 1.82) is 0 Å². The normalized spacial score (nSPS) is 18.8. The number of nitrogens with one attached hydrogen (secondary N) is 2. The highest BCUT2D eigenvalue weighted by Gasteiger charge is 2.28. The summed E-state index contributed by atoms with van der Waals surface area (Å²) >= 11 is 0. The van der Waals surface area contributed by atoms with Gasteiger partial charge in [-0.2, -0.15) is 0 Å². The predicted octanol–water partition coefficient (Wildman–Crippen LogP) is 1.88. The molecule has 1 aromatic rings. The van der Waals surface area contributed by atoms with Gasteiger partial charge in [-0.1, -0.05) is 6.07 Å². The summed E-state index contributed by atoms with van der Waals surface area (Å²) in [6.45, 7) is 5.54. The van der Waals surface area contributed by atoms with Gasteiger partial charge in [-0.05, 0) is 63.2 Å². The lowest BCUT2D eigenvalue weighted by atomic mass is 9.96. The fraction of sp³-hybridized carbons (Fsp3) is 0.600. The lowest BCUT2D eigenvalue weighted by Crippen LogP contribution is -2.33. The van der Waals surface area contributed by atoms with Crippen molar-refractivity contribution in [2.24, 2.45) is 5.92 Å². The molecule has 0 saturated carbocycles. The number of sulfonamides is 1. The SMILES string of the molecule is Cc1ccc([N+](=O)[O-])c(S(=O)(=O)NCCC2CCCNC2)c1C. The minimum Gasteiger partial charge on any atom is -0.316 e. The molecular weight excluding hydrogens is 318 g/mol. The standard InChI is InChI=1S/C15H23N3O4S/c1-11-5-6-14(18(19)20)15(12(11)2)23(21,22)17-9-7-13-4-3-8-16-10-13/h5-6,13,16-17H,3-4,7-10H2,1-2H3. The number of nitrogens with zero attached hydrogens (tertiary/aromatic N) is 1. The molecule has 1 fully saturated rings. The predicted molar refractivity (Wildman–Crippen MR) is 88.0 cm³/mol. The number of aryl methyl sites for hydroxylation is 1. The average molecular weight is 341 g/mol. The fourth-order valence-electron chi connectivity index (χ4n) is 2.90. The second kappa shape index (κ2) is 7.37. The molecule has 1 saturated heterocycles. The monoisotopic (exact) mass is 341 g/mol. The number of hydrogen-bond donors (Lipinski definition) is 2. The van der Waals surface area contributed by atoms with Crippen LogP contribution >= 0.6 is 0 Å². The summed E-state index contributed by atoms with van der Waals surface area (Å²) in [7, 11) is -3.90. The molecule has 1 heterocycles. The Morgan fingerprint density at radius 3 is 2.74 bits per heavy atom. The fourth-order valence-corrected chi connectivity index (χ4v) is 4.41. The van der Waals surface area contributed by atoms with Crippen LogP contribution in [0.3, 0.4) is 0 Å². The van der Waals surface area contributed by atoms with Crippen molar-refractivity contribution in [3.63, 3.8) is 0 Å². The van der Waals surface area contributed by atoms with Gasteiger partial charge in [-0.25, -0.2) is 13.1 Å². The Kier molecular flexibility index (Phi) is 5.72. The van der Waals surface area contributed by atoms with Crippen molar-refractivity contribution in [3.05, 3.63) is 33.4 Å². The summed E-state index contributed by atoms with van der Waals surface area (Å²) in [6.07, 6.45) is 2.91. The number of nitro benzene ring substituents is 1. The molecule has 1 aliphatic rings. The second-order valence-electron chi connectivity index (χ2n) is 6.01. The smallest absolute Gasteiger partial charge is 0.289 e. The lowest BCUT2D eigenvalue weighted by molar-refractivity contribution is -0.387. The Bertz CT molecular complexity index is 682. The largest absolute Gasteiger partial charge is 0.316 e. The number of hydrogen-bond acceptors (Lipinski definition) is 5. The average Bonchev–Trinajstić information content (AvgIpc) is 2.50. The van der Waals surface area contributed by atoms with Gasteiger partial charge in [0.2, 0.25) is 10.0 Å². The van der Waals surface area contributed by atoms with Crippen molar-refractivity contribution >= 4 is 15.7 Å². The van der Waals surface area contributed by atoms with Crippen LogP contribution in [0.25, 0.3) is 0 Å². The quantitative estimate of drug-likeness (QED) is 0.608. The molecule has 2 rings (SSSR count). The van der Waals surface area contributed by atoms with Crippen LogP contribution in [0.4, 0.5) is 5.69 Å². The zero-order valence-electron chi connectivity index (χ0n) is 13.5. The molecule has 1 aromatic carbocycles. The maximum Gasteiger partial charge on any atom is 0.289 e. The van der Waals surface area contributed by atoms with Gasteiger partial charge in [0, 0.05) is 12.6 Å². The van der Waals surface area contributed by atoms with Crippen LogP contribution in [0.2, 0.25) is 0 Å². The number of piperidine rings is 1. The maximum atomic E-state index is 12.5. The summed E-state index contributed by atoms with van der Waals surface area (Å²) < 4.78 is 27.6. The Balaban J connectivity index is 2.15. The highest BCUT2D eigenvalue weighted by molar-refractivity contribution is 7.89. The third-order valence-corrected chi connectivity index (χ3v) is 6.00. The van der Waals surface area contributed by atoms with Crippen LogP contribution in [0.5, 0.6) is 0 Å². The highest BCUT2D eigenvalue weighted by Crippen LogP contribution is 2.29. The maximum absolute atomic E-state index is 12.5. The van der Waals surface area contributed by atoms with Crippen molar-refractivity contribution in [2.75, 3.05) is 19.6 Å². The van der Waals surface area contributed by atoms with Crippen molar-refractivity contribution < 1.29 is 13.3 Å². The van der Waals surface area contributed by atoms with Crippen molar-refractivity contribution in [3.8, 4) is 0 Å². The van der Waals surface area contributed by atoms with Crippen LogP contribution < -0.4 is 10.0 Å². The van der Waals surface area contributed by atoms with E-state index < -0.39 is 14.9 Å². The molecule has 0 amide bonds. The minimum atomic E-state index is -3.90. The Morgan fingerprint density at radius 1 is 1.39 bits per heavy atom. The second-order valence-corrected chi connectivity index (χ2v) is 7.72. The van der Waals surface area contributed by atoms with E-state index in [4.69, 9.17) is 0 Å². The summed E-state index contributed by atoms with van der Waals surface area (Å²) in [4.78, 5) is 10.3. The first-order valence-electron chi connectivity index (χ1n) is 7.78. The van der Waals surface area contributed by atoms with Crippen LogP contribution in [0.1, 0.15) is 30.4 Å². The van der Waals surface area contributed by atoms with Crippen molar-refractivity contribution in [1.82, 2.24) is 10.0 Å². The molecular formula is C15H23N3O4S. The molecule has 23 heavy (non-hydrogen) atoms. The molecule has 1 atom stereocenters. The van der Waals surface area contributed by atoms with Crippen LogP contribution in [0.15, 0.2) is 17.0 Å². The van der Waals surface area contributed by atoms with E-state index in [1.54, 1.807) is 19.9 Å². The summed E-state index contributed by atoms with van der Waals surface area (Å²) in [5, 5.41) is 14.4. The molecule has 0 radical (unpaired) electrons. The number of nitro groups is 1.